The minimum atomic E-state index is 0.0563. The van der Waals surface area contributed by atoms with Crippen molar-refractivity contribution in [3.05, 3.63) is 53.2 Å². The lowest BCUT2D eigenvalue weighted by Gasteiger charge is -2.38. The third kappa shape index (κ3) is 4.41. The normalized spacial score (nSPS) is 16.2. The van der Waals surface area contributed by atoms with E-state index in [0.29, 0.717) is 10.9 Å². The lowest BCUT2D eigenvalue weighted by Crippen LogP contribution is -2.43. The van der Waals surface area contributed by atoms with Crippen LogP contribution >= 0.6 is 23.8 Å². The van der Waals surface area contributed by atoms with Crippen molar-refractivity contribution in [3.8, 4) is 5.75 Å². The number of aromatic nitrogens is 1. The van der Waals surface area contributed by atoms with Crippen molar-refractivity contribution in [2.75, 3.05) is 11.9 Å². The summed E-state index contributed by atoms with van der Waals surface area (Å²) in [5, 5.41) is 17.3. The van der Waals surface area contributed by atoms with Gasteiger partial charge in [-0.15, -0.1) is 0 Å². The average molecular weight is 376 g/mol. The number of anilines is 1. The topological polar surface area (TPSA) is 57.2 Å². The first kappa shape index (κ1) is 18.0. The van der Waals surface area contributed by atoms with E-state index >= 15 is 0 Å². The molecule has 1 aliphatic rings. The van der Waals surface area contributed by atoms with Gasteiger partial charge in [0.1, 0.15) is 0 Å². The fourth-order valence-electron chi connectivity index (χ4n) is 3.49. The number of hydrogen-bond donors (Lipinski definition) is 3. The van der Waals surface area contributed by atoms with E-state index < -0.39 is 0 Å². The molecule has 0 aliphatic heterocycles. The molecule has 1 aliphatic carbocycles. The Hall–Kier alpha value is -1.85. The van der Waals surface area contributed by atoms with Crippen molar-refractivity contribution in [1.82, 2.24) is 10.3 Å². The SMILES string of the molecule is Oc1cccnc1NC(=S)NCC1(c2ccc(Cl)cc2)CCCCC1. The van der Waals surface area contributed by atoms with Crippen LogP contribution in [0.25, 0.3) is 0 Å². The third-order valence-electron chi connectivity index (χ3n) is 4.87. The van der Waals surface area contributed by atoms with Crippen molar-refractivity contribution in [2.24, 2.45) is 0 Å². The summed E-state index contributed by atoms with van der Waals surface area (Å²) in [5.74, 6) is 0.445. The molecule has 0 spiro atoms. The zero-order valence-corrected chi connectivity index (χ0v) is 15.5. The second-order valence-corrected chi connectivity index (χ2v) is 7.37. The molecule has 0 saturated heterocycles. The molecule has 1 fully saturated rings. The van der Waals surface area contributed by atoms with Gasteiger partial charge in [0.05, 0.1) is 0 Å². The van der Waals surface area contributed by atoms with Crippen molar-refractivity contribution >= 4 is 34.7 Å². The van der Waals surface area contributed by atoms with Gasteiger partial charge < -0.3 is 15.7 Å². The molecule has 3 N–H and O–H groups in total. The lowest BCUT2D eigenvalue weighted by molar-refractivity contribution is 0.292. The molecule has 0 bridgehead atoms. The summed E-state index contributed by atoms with van der Waals surface area (Å²) in [6.45, 7) is 0.744. The first-order chi connectivity index (χ1) is 12.1. The fraction of sp³-hybridized carbons (Fsp3) is 0.368. The van der Waals surface area contributed by atoms with Gasteiger partial charge in [0.2, 0.25) is 0 Å². The Labute approximate surface area is 158 Å². The van der Waals surface area contributed by atoms with E-state index in [1.165, 1.54) is 24.8 Å². The Morgan fingerprint density at radius 1 is 1.16 bits per heavy atom. The van der Waals surface area contributed by atoms with E-state index in [-0.39, 0.29) is 11.2 Å². The summed E-state index contributed by atoms with van der Waals surface area (Å²) in [7, 11) is 0. The van der Waals surface area contributed by atoms with E-state index in [2.05, 4.69) is 27.8 Å². The molecule has 0 amide bonds. The predicted molar refractivity (Wildman–Crippen MR) is 106 cm³/mol. The van der Waals surface area contributed by atoms with Gasteiger partial charge in [-0.2, -0.15) is 0 Å². The Morgan fingerprint density at radius 2 is 1.88 bits per heavy atom. The highest BCUT2D eigenvalue weighted by Gasteiger charge is 2.33. The molecule has 0 radical (unpaired) electrons. The molecule has 1 aromatic carbocycles. The molecule has 1 aromatic heterocycles. The Bertz CT molecular complexity index is 730. The minimum absolute atomic E-state index is 0.0563. The highest BCUT2D eigenvalue weighted by atomic mass is 35.5. The smallest absolute Gasteiger partial charge is 0.174 e. The van der Waals surface area contributed by atoms with Crippen LogP contribution in [0.1, 0.15) is 37.7 Å². The van der Waals surface area contributed by atoms with Gasteiger partial charge in [-0.25, -0.2) is 4.98 Å². The van der Waals surface area contributed by atoms with E-state index in [9.17, 15) is 5.11 Å². The van der Waals surface area contributed by atoms with Gasteiger partial charge in [0.25, 0.3) is 0 Å². The number of nitrogens with one attached hydrogen (secondary N) is 2. The van der Waals surface area contributed by atoms with Gasteiger partial charge in [-0.05, 0) is 54.9 Å². The predicted octanol–water partition coefficient (Wildman–Crippen LogP) is 4.63. The number of halogens is 1. The van der Waals surface area contributed by atoms with Gasteiger partial charge in [0.15, 0.2) is 16.7 Å². The lowest BCUT2D eigenvalue weighted by atomic mass is 9.69. The second kappa shape index (κ2) is 8.02. The number of nitrogens with zero attached hydrogens (tertiary/aromatic N) is 1. The number of thiocarbonyl (C=S) groups is 1. The summed E-state index contributed by atoms with van der Waals surface area (Å²) < 4.78 is 0. The van der Waals surface area contributed by atoms with Gasteiger partial charge in [-0.3, -0.25) is 0 Å². The van der Waals surface area contributed by atoms with Gasteiger partial charge in [-0.1, -0.05) is 43.0 Å². The fourth-order valence-corrected chi connectivity index (χ4v) is 3.79. The highest BCUT2D eigenvalue weighted by molar-refractivity contribution is 7.80. The Morgan fingerprint density at radius 3 is 2.56 bits per heavy atom. The summed E-state index contributed by atoms with van der Waals surface area (Å²) in [6.07, 6.45) is 7.57. The van der Waals surface area contributed by atoms with E-state index in [1.807, 2.05) is 12.1 Å². The Kier molecular flexibility index (Phi) is 5.76. The van der Waals surface area contributed by atoms with Crippen molar-refractivity contribution in [2.45, 2.75) is 37.5 Å². The van der Waals surface area contributed by atoms with Crippen LogP contribution in [0.4, 0.5) is 5.82 Å². The van der Waals surface area contributed by atoms with Crippen molar-refractivity contribution in [1.29, 1.82) is 0 Å². The monoisotopic (exact) mass is 375 g/mol. The molecule has 25 heavy (non-hydrogen) atoms. The van der Waals surface area contributed by atoms with Crippen LogP contribution in [-0.4, -0.2) is 21.7 Å². The van der Waals surface area contributed by atoms with Gasteiger partial charge >= 0.3 is 0 Å². The highest BCUT2D eigenvalue weighted by Crippen LogP contribution is 2.39. The Balaban J connectivity index is 1.70. The van der Waals surface area contributed by atoms with E-state index in [0.717, 1.165) is 24.4 Å². The minimum Gasteiger partial charge on any atom is -0.504 e. The van der Waals surface area contributed by atoms with Crippen LogP contribution in [0.3, 0.4) is 0 Å². The van der Waals surface area contributed by atoms with Crippen LogP contribution in [0, 0.1) is 0 Å². The van der Waals surface area contributed by atoms with Crippen LogP contribution in [-0.2, 0) is 5.41 Å². The molecule has 2 aromatic rings. The number of aromatic hydroxyl groups is 1. The maximum absolute atomic E-state index is 9.81. The first-order valence-electron chi connectivity index (χ1n) is 8.54. The molecular formula is C19H22ClN3OS. The largest absolute Gasteiger partial charge is 0.504 e. The van der Waals surface area contributed by atoms with Crippen LogP contribution in [0.5, 0.6) is 5.75 Å². The molecule has 4 nitrogen and oxygen atoms in total. The molecule has 1 heterocycles. The molecule has 0 atom stereocenters. The van der Waals surface area contributed by atoms with E-state index in [1.54, 1.807) is 18.3 Å². The summed E-state index contributed by atoms with van der Waals surface area (Å²) in [4.78, 5) is 4.09. The van der Waals surface area contributed by atoms with Crippen molar-refractivity contribution < 1.29 is 5.11 Å². The molecular weight excluding hydrogens is 354 g/mol. The summed E-state index contributed by atoms with van der Waals surface area (Å²) in [6, 6.07) is 11.4. The molecule has 0 unspecified atom stereocenters. The van der Waals surface area contributed by atoms with Crippen molar-refractivity contribution in [3.63, 3.8) is 0 Å². The number of pyridine rings is 1. The van der Waals surface area contributed by atoms with Crippen LogP contribution in [0.15, 0.2) is 42.6 Å². The molecule has 6 heteroatoms. The van der Waals surface area contributed by atoms with Gasteiger partial charge in [0, 0.05) is 23.2 Å². The molecule has 1 saturated carbocycles. The van der Waals surface area contributed by atoms with Crippen LogP contribution < -0.4 is 10.6 Å². The zero-order valence-electron chi connectivity index (χ0n) is 14.0. The maximum atomic E-state index is 9.81. The van der Waals surface area contributed by atoms with Crippen LogP contribution in [0.2, 0.25) is 5.02 Å². The zero-order chi connectivity index (χ0) is 17.7. The molecule has 132 valence electrons. The number of hydrogen-bond acceptors (Lipinski definition) is 3. The third-order valence-corrected chi connectivity index (χ3v) is 5.37. The quantitative estimate of drug-likeness (QED) is 0.680. The second-order valence-electron chi connectivity index (χ2n) is 6.53. The number of rotatable bonds is 4. The summed E-state index contributed by atoms with van der Waals surface area (Å²) in [5.41, 5.74) is 1.35. The van der Waals surface area contributed by atoms with E-state index in [4.69, 9.17) is 23.8 Å². The molecule has 3 rings (SSSR count). The summed E-state index contributed by atoms with van der Waals surface area (Å²) >= 11 is 11.4. The average Bonchev–Trinajstić information content (AvgIpc) is 2.63. The maximum Gasteiger partial charge on any atom is 0.174 e. The first-order valence-corrected chi connectivity index (χ1v) is 9.33. The standard InChI is InChI=1S/C19H22ClN3OS/c20-15-8-6-14(7-9-15)19(10-2-1-3-11-19)13-22-18(25)23-17-16(24)5-4-12-21-17/h4-9,12,24H,1-3,10-11,13H2,(H2,21,22,23,25). The number of benzene rings is 1.